The molecule has 4 nitrogen and oxygen atoms in total. The van der Waals surface area contributed by atoms with Crippen LogP contribution in [-0.4, -0.2) is 15.0 Å². The SMILES string of the molecule is c1ccc(-c2ccc(-c3nc(-c4ccccc4)cc(-c4ccc(-c5nc6cccc(-c7cccc8ccccc78)c6c6oc7ccccc7c56)cc4)n3)cc2)cc1. The van der Waals surface area contributed by atoms with E-state index in [1.165, 1.54) is 16.3 Å². The van der Waals surface area contributed by atoms with Gasteiger partial charge in [0.2, 0.25) is 0 Å². The number of para-hydroxylation sites is 1. The zero-order valence-corrected chi connectivity index (χ0v) is 30.8. The molecule has 0 bridgehead atoms. The molecule has 11 aromatic rings. The Morgan fingerprint density at radius 3 is 1.67 bits per heavy atom. The molecule has 0 fully saturated rings. The molecule has 0 saturated heterocycles. The van der Waals surface area contributed by atoms with Crippen molar-refractivity contribution in [2.75, 3.05) is 0 Å². The lowest BCUT2D eigenvalue weighted by Gasteiger charge is -2.13. The number of aromatic nitrogens is 3. The van der Waals surface area contributed by atoms with Crippen LogP contribution >= 0.6 is 0 Å². The summed E-state index contributed by atoms with van der Waals surface area (Å²) in [5.74, 6) is 0.680. The molecular formula is C53H33N3O. The van der Waals surface area contributed by atoms with Gasteiger partial charge < -0.3 is 4.42 Å². The van der Waals surface area contributed by atoms with Crippen LogP contribution in [0, 0.1) is 0 Å². The van der Waals surface area contributed by atoms with Gasteiger partial charge in [0.05, 0.1) is 33.4 Å². The Hall–Kier alpha value is -7.69. The van der Waals surface area contributed by atoms with Gasteiger partial charge in [0.15, 0.2) is 5.82 Å². The number of hydrogen-bond acceptors (Lipinski definition) is 4. The van der Waals surface area contributed by atoms with Gasteiger partial charge in [-0.2, -0.15) is 0 Å². The minimum absolute atomic E-state index is 0.680. The second-order valence-electron chi connectivity index (χ2n) is 14.3. The van der Waals surface area contributed by atoms with Gasteiger partial charge in [-0.15, -0.1) is 0 Å². The molecule has 3 aromatic heterocycles. The maximum Gasteiger partial charge on any atom is 0.160 e. The van der Waals surface area contributed by atoms with Crippen molar-refractivity contribution < 1.29 is 4.42 Å². The van der Waals surface area contributed by atoms with Crippen molar-refractivity contribution in [2.24, 2.45) is 0 Å². The maximum atomic E-state index is 6.78. The molecule has 0 aliphatic heterocycles. The molecule has 3 heterocycles. The molecule has 8 aromatic carbocycles. The van der Waals surface area contributed by atoms with Crippen LogP contribution < -0.4 is 0 Å². The summed E-state index contributed by atoms with van der Waals surface area (Å²) in [7, 11) is 0. The molecule has 0 saturated carbocycles. The molecule has 266 valence electrons. The van der Waals surface area contributed by atoms with Crippen LogP contribution in [0.25, 0.3) is 111 Å². The molecule has 0 amide bonds. The summed E-state index contributed by atoms with van der Waals surface area (Å²) < 4.78 is 6.78. The number of fused-ring (bicyclic) bond motifs is 6. The third-order valence-electron chi connectivity index (χ3n) is 10.9. The smallest absolute Gasteiger partial charge is 0.160 e. The monoisotopic (exact) mass is 727 g/mol. The third-order valence-corrected chi connectivity index (χ3v) is 10.9. The van der Waals surface area contributed by atoms with Gasteiger partial charge in [-0.05, 0) is 51.2 Å². The van der Waals surface area contributed by atoms with E-state index in [0.717, 1.165) is 88.9 Å². The van der Waals surface area contributed by atoms with E-state index >= 15 is 0 Å². The first-order valence-corrected chi connectivity index (χ1v) is 19.2. The highest BCUT2D eigenvalue weighted by Gasteiger charge is 2.21. The lowest BCUT2D eigenvalue weighted by atomic mass is 9.93. The van der Waals surface area contributed by atoms with E-state index in [9.17, 15) is 0 Å². The van der Waals surface area contributed by atoms with Gasteiger partial charge in [-0.1, -0.05) is 182 Å². The Bertz CT molecular complexity index is 3260. The highest BCUT2D eigenvalue weighted by molar-refractivity contribution is 6.23. The third kappa shape index (κ3) is 5.74. The predicted octanol–water partition coefficient (Wildman–Crippen LogP) is 14.1. The number of pyridine rings is 1. The largest absolute Gasteiger partial charge is 0.455 e. The van der Waals surface area contributed by atoms with Crippen molar-refractivity contribution >= 4 is 43.6 Å². The fraction of sp³-hybridized carbons (Fsp3) is 0. The van der Waals surface area contributed by atoms with E-state index in [1.54, 1.807) is 0 Å². The average molecular weight is 728 g/mol. The zero-order chi connectivity index (χ0) is 37.7. The molecule has 0 unspecified atom stereocenters. The molecule has 0 spiro atoms. The van der Waals surface area contributed by atoms with Crippen LogP contribution in [-0.2, 0) is 0 Å². The van der Waals surface area contributed by atoms with Gasteiger partial charge in [-0.25, -0.2) is 15.0 Å². The topological polar surface area (TPSA) is 51.8 Å². The molecule has 11 rings (SSSR count). The van der Waals surface area contributed by atoms with Gasteiger partial charge in [-0.3, -0.25) is 0 Å². The van der Waals surface area contributed by atoms with Crippen LogP contribution in [0.1, 0.15) is 0 Å². The summed E-state index contributed by atoms with van der Waals surface area (Å²) in [4.78, 5) is 15.6. The molecule has 57 heavy (non-hydrogen) atoms. The fourth-order valence-corrected chi connectivity index (χ4v) is 8.12. The number of hydrogen-bond donors (Lipinski definition) is 0. The van der Waals surface area contributed by atoms with E-state index in [2.05, 4.69) is 164 Å². The second kappa shape index (κ2) is 13.6. The van der Waals surface area contributed by atoms with E-state index < -0.39 is 0 Å². The first-order chi connectivity index (χ1) is 28.2. The Balaban J connectivity index is 1.05. The molecule has 0 aliphatic rings. The van der Waals surface area contributed by atoms with E-state index in [4.69, 9.17) is 19.4 Å². The molecule has 0 atom stereocenters. The Kier molecular flexibility index (Phi) is 7.78. The van der Waals surface area contributed by atoms with Gasteiger partial charge in [0.1, 0.15) is 11.2 Å². The van der Waals surface area contributed by atoms with E-state index in [-0.39, 0.29) is 0 Å². The second-order valence-corrected chi connectivity index (χ2v) is 14.3. The highest BCUT2D eigenvalue weighted by atomic mass is 16.3. The van der Waals surface area contributed by atoms with Crippen LogP contribution in [0.4, 0.5) is 0 Å². The normalized spacial score (nSPS) is 11.5. The van der Waals surface area contributed by atoms with Gasteiger partial charge in [0, 0.05) is 27.6 Å². The van der Waals surface area contributed by atoms with E-state index in [1.807, 2.05) is 36.4 Å². The summed E-state index contributed by atoms with van der Waals surface area (Å²) in [6, 6.07) is 69.5. The number of furan rings is 1. The van der Waals surface area contributed by atoms with Crippen LogP contribution in [0.3, 0.4) is 0 Å². The van der Waals surface area contributed by atoms with Crippen molar-refractivity contribution in [3.8, 4) is 67.4 Å². The van der Waals surface area contributed by atoms with Crippen LogP contribution in [0.5, 0.6) is 0 Å². The van der Waals surface area contributed by atoms with Crippen LogP contribution in [0.2, 0.25) is 0 Å². The minimum atomic E-state index is 0.680. The summed E-state index contributed by atoms with van der Waals surface area (Å²) in [6.07, 6.45) is 0. The standard InChI is InChI=1S/C53H33N3O/c1-3-13-34(14-4-1)35-25-31-40(32-26-35)53-55-46(37-16-5-2-6-17-37)33-47(56-53)38-27-29-39(30-28-38)51-50-44-20-9-10-24-48(44)57-52(50)49-43(22-12-23-45(49)54-51)42-21-11-18-36-15-7-8-19-41(36)42/h1-33H. The highest BCUT2D eigenvalue weighted by Crippen LogP contribution is 2.44. The minimum Gasteiger partial charge on any atom is -0.455 e. The van der Waals surface area contributed by atoms with Crippen molar-refractivity contribution in [2.45, 2.75) is 0 Å². The van der Waals surface area contributed by atoms with Gasteiger partial charge >= 0.3 is 0 Å². The van der Waals surface area contributed by atoms with E-state index in [0.29, 0.717) is 5.82 Å². The first kappa shape index (κ1) is 32.7. The molecule has 0 aliphatic carbocycles. The van der Waals surface area contributed by atoms with Crippen molar-refractivity contribution in [3.63, 3.8) is 0 Å². The maximum absolute atomic E-state index is 6.78. The Morgan fingerprint density at radius 1 is 0.351 bits per heavy atom. The molecule has 4 heteroatoms. The predicted molar refractivity (Wildman–Crippen MR) is 235 cm³/mol. The average Bonchev–Trinajstić information content (AvgIpc) is 3.69. The quantitative estimate of drug-likeness (QED) is 0.171. The Labute approximate surface area is 329 Å². The van der Waals surface area contributed by atoms with Crippen LogP contribution in [0.15, 0.2) is 205 Å². The summed E-state index contributed by atoms with van der Waals surface area (Å²) >= 11 is 0. The summed E-state index contributed by atoms with van der Waals surface area (Å²) in [5.41, 5.74) is 13.8. The molecular weight excluding hydrogens is 695 g/mol. The van der Waals surface area contributed by atoms with Crippen molar-refractivity contribution in [1.29, 1.82) is 0 Å². The van der Waals surface area contributed by atoms with Crippen molar-refractivity contribution in [3.05, 3.63) is 200 Å². The number of benzene rings is 8. The number of nitrogens with zero attached hydrogens (tertiary/aromatic N) is 3. The fourth-order valence-electron chi connectivity index (χ4n) is 8.12. The number of rotatable bonds is 6. The lowest BCUT2D eigenvalue weighted by Crippen LogP contribution is -1.96. The lowest BCUT2D eigenvalue weighted by molar-refractivity contribution is 0.672. The molecule has 0 radical (unpaired) electrons. The Morgan fingerprint density at radius 2 is 0.895 bits per heavy atom. The molecule has 0 N–H and O–H groups in total. The summed E-state index contributed by atoms with van der Waals surface area (Å²) in [6.45, 7) is 0. The van der Waals surface area contributed by atoms with Gasteiger partial charge in [0.25, 0.3) is 0 Å². The van der Waals surface area contributed by atoms with Crippen molar-refractivity contribution in [1.82, 2.24) is 15.0 Å². The first-order valence-electron chi connectivity index (χ1n) is 19.2. The summed E-state index contributed by atoms with van der Waals surface area (Å²) in [5, 5.41) is 5.46. The zero-order valence-electron chi connectivity index (χ0n) is 30.8.